The normalized spacial score (nSPS) is 28.6. The summed E-state index contributed by atoms with van der Waals surface area (Å²) in [5, 5.41) is 10.1. The van der Waals surface area contributed by atoms with Crippen LogP contribution in [0.2, 0.25) is 5.02 Å². The number of hydrogen-bond acceptors (Lipinski definition) is 7. The van der Waals surface area contributed by atoms with Crippen molar-refractivity contribution in [3.05, 3.63) is 58.0 Å². The van der Waals surface area contributed by atoms with E-state index in [0.717, 1.165) is 24.1 Å². The van der Waals surface area contributed by atoms with Gasteiger partial charge in [-0.3, -0.25) is 9.69 Å². The summed E-state index contributed by atoms with van der Waals surface area (Å²) < 4.78 is 36.9. The molecule has 4 aliphatic rings. The fourth-order valence-electron chi connectivity index (χ4n) is 7.14. The molecule has 0 saturated carbocycles. The first-order chi connectivity index (χ1) is 20.1. The second-order valence-electron chi connectivity index (χ2n) is 12.3. The molecule has 1 amide bonds. The van der Waals surface area contributed by atoms with E-state index in [2.05, 4.69) is 24.5 Å². The molecule has 0 bridgehead atoms. The van der Waals surface area contributed by atoms with E-state index in [-0.39, 0.29) is 31.1 Å². The van der Waals surface area contributed by atoms with Crippen molar-refractivity contribution in [1.82, 2.24) is 19.8 Å². The topological polar surface area (TPSA) is 85.6 Å². The molecule has 42 heavy (non-hydrogen) atoms. The average molecular weight is 597 g/mol. The molecule has 0 radical (unpaired) electrons. The summed E-state index contributed by atoms with van der Waals surface area (Å²) in [7, 11) is 2.04. The van der Waals surface area contributed by atoms with Crippen LogP contribution in [-0.4, -0.2) is 77.1 Å². The summed E-state index contributed by atoms with van der Waals surface area (Å²) >= 11 is 6.52. The van der Waals surface area contributed by atoms with Crippen LogP contribution in [0.15, 0.2) is 30.6 Å². The lowest BCUT2D eigenvalue weighted by Crippen LogP contribution is -2.59. The number of rotatable bonds is 6. The van der Waals surface area contributed by atoms with Gasteiger partial charge in [-0.2, -0.15) is 15.2 Å². The highest BCUT2D eigenvalue weighted by Crippen LogP contribution is 2.56. The first kappa shape index (κ1) is 28.8. The highest BCUT2D eigenvalue weighted by molar-refractivity contribution is 6.31. The standard InChI is InChI=1S/C31H35ClF2N6O2/c1-19(33)28(41)40-16-15-39(17-20(40)9-13-35)27-22-8-11-31(10-7-21-23(31)5-4-6-24(21)32)26(34)25(22)36-29(37-27)42-18-30(2)12-14-38(30)3/h4-6,20,26H,1,7-12,14-18H2,2-3H3/t20-,26-,30-,31+/m0/s1. The zero-order valence-electron chi connectivity index (χ0n) is 24.0. The van der Waals surface area contributed by atoms with Crippen molar-refractivity contribution in [2.75, 3.05) is 44.7 Å². The molecule has 2 aliphatic carbocycles. The quantitative estimate of drug-likeness (QED) is 0.440. The number of fused-ring (bicyclic) bond motifs is 3. The van der Waals surface area contributed by atoms with E-state index in [1.807, 2.05) is 30.1 Å². The molecule has 1 spiro atoms. The van der Waals surface area contributed by atoms with Gasteiger partial charge >= 0.3 is 6.01 Å². The number of ether oxygens (including phenoxy) is 1. The van der Waals surface area contributed by atoms with Crippen molar-refractivity contribution in [2.24, 2.45) is 0 Å². The van der Waals surface area contributed by atoms with Crippen molar-refractivity contribution in [2.45, 2.75) is 68.6 Å². The molecule has 11 heteroatoms. The van der Waals surface area contributed by atoms with Crippen molar-refractivity contribution < 1.29 is 18.3 Å². The van der Waals surface area contributed by atoms with Crippen molar-refractivity contribution in [3.8, 4) is 12.1 Å². The van der Waals surface area contributed by atoms with Gasteiger partial charge in [0, 0.05) is 42.2 Å². The third-order valence-electron chi connectivity index (χ3n) is 10.0. The number of benzene rings is 1. The van der Waals surface area contributed by atoms with Crippen molar-refractivity contribution in [3.63, 3.8) is 0 Å². The van der Waals surface area contributed by atoms with Gasteiger partial charge in [0.1, 0.15) is 12.4 Å². The van der Waals surface area contributed by atoms with E-state index in [4.69, 9.17) is 26.3 Å². The monoisotopic (exact) mass is 596 g/mol. The molecular formula is C31H35ClF2N6O2. The van der Waals surface area contributed by atoms with Gasteiger partial charge in [-0.1, -0.05) is 30.3 Å². The number of hydrogen-bond donors (Lipinski definition) is 0. The van der Waals surface area contributed by atoms with Gasteiger partial charge in [0.15, 0.2) is 12.0 Å². The third-order valence-corrected chi connectivity index (χ3v) is 10.4. The van der Waals surface area contributed by atoms with Gasteiger partial charge < -0.3 is 14.5 Å². The predicted octanol–water partition coefficient (Wildman–Crippen LogP) is 4.86. The van der Waals surface area contributed by atoms with Crippen LogP contribution < -0.4 is 9.64 Å². The van der Waals surface area contributed by atoms with Crippen LogP contribution in [-0.2, 0) is 23.1 Å². The van der Waals surface area contributed by atoms with E-state index in [1.165, 1.54) is 4.90 Å². The number of alkyl halides is 1. The Kier molecular flexibility index (Phi) is 7.38. The summed E-state index contributed by atoms with van der Waals surface area (Å²) in [6, 6.07) is 7.38. The highest BCUT2D eigenvalue weighted by atomic mass is 35.5. The Morgan fingerprint density at radius 2 is 1.98 bits per heavy atom. The number of likely N-dealkylation sites (tertiary alicyclic amines) is 1. The van der Waals surface area contributed by atoms with Crippen LogP contribution in [0.4, 0.5) is 14.6 Å². The number of amides is 1. The summed E-state index contributed by atoms with van der Waals surface area (Å²) in [5.41, 5.74) is 2.11. The van der Waals surface area contributed by atoms with Gasteiger partial charge in [-0.15, -0.1) is 0 Å². The molecule has 0 N–H and O–H groups in total. The first-order valence-corrected chi connectivity index (χ1v) is 14.9. The van der Waals surface area contributed by atoms with Crippen LogP contribution >= 0.6 is 11.6 Å². The number of likely N-dealkylation sites (N-methyl/N-ethyl adjacent to an activating group) is 1. The van der Waals surface area contributed by atoms with E-state index in [9.17, 15) is 14.4 Å². The minimum atomic E-state index is -1.39. The zero-order valence-corrected chi connectivity index (χ0v) is 24.8. The Hall–Kier alpha value is -3.29. The summed E-state index contributed by atoms with van der Waals surface area (Å²) in [4.78, 5) is 27.5. The molecular weight excluding hydrogens is 562 g/mol. The summed E-state index contributed by atoms with van der Waals surface area (Å²) in [6.45, 7) is 7.36. The van der Waals surface area contributed by atoms with E-state index >= 15 is 4.39 Å². The predicted molar refractivity (Wildman–Crippen MR) is 155 cm³/mol. The number of aromatic nitrogens is 2. The fourth-order valence-corrected chi connectivity index (χ4v) is 7.40. The van der Waals surface area contributed by atoms with E-state index in [1.54, 1.807) is 0 Å². The molecule has 2 aliphatic heterocycles. The van der Waals surface area contributed by atoms with E-state index in [0.29, 0.717) is 60.9 Å². The van der Waals surface area contributed by atoms with Gasteiger partial charge in [-0.25, -0.2) is 8.78 Å². The molecule has 2 fully saturated rings. The van der Waals surface area contributed by atoms with Crippen molar-refractivity contribution in [1.29, 1.82) is 5.26 Å². The maximum Gasteiger partial charge on any atom is 0.318 e. The molecule has 2 saturated heterocycles. The molecule has 6 rings (SSSR count). The third kappa shape index (κ3) is 4.62. The van der Waals surface area contributed by atoms with Crippen LogP contribution in [0.5, 0.6) is 6.01 Å². The molecule has 3 heterocycles. The minimum absolute atomic E-state index is 0.0171. The Bertz CT molecular complexity index is 1480. The molecule has 2 aromatic rings. The Balaban J connectivity index is 1.38. The maximum absolute atomic E-state index is 17.0. The number of nitriles is 1. The van der Waals surface area contributed by atoms with Gasteiger partial charge in [-0.05, 0) is 63.3 Å². The number of piperazine rings is 1. The molecule has 8 nitrogen and oxygen atoms in total. The smallest absolute Gasteiger partial charge is 0.318 e. The summed E-state index contributed by atoms with van der Waals surface area (Å²) in [6.07, 6.45) is 2.09. The lowest BCUT2D eigenvalue weighted by molar-refractivity contribution is -0.131. The Morgan fingerprint density at radius 3 is 2.64 bits per heavy atom. The summed E-state index contributed by atoms with van der Waals surface area (Å²) in [5.74, 6) is -1.32. The average Bonchev–Trinajstić information content (AvgIpc) is 3.37. The molecule has 1 aromatic heterocycles. The van der Waals surface area contributed by atoms with Gasteiger partial charge in [0.25, 0.3) is 5.91 Å². The van der Waals surface area contributed by atoms with Gasteiger partial charge in [0.2, 0.25) is 0 Å². The van der Waals surface area contributed by atoms with Crippen LogP contribution in [0.25, 0.3) is 0 Å². The maximum atomic E-state index is 17.0. The van der Waals surface area contributed by atoms with Gasteiger partial charge in [0.05, 0.1) is 29.8 Å². The van der Waals surface area contributed by atoms with Crippen LogP contribution in [0.3, 0.4) is 0 Å². The Morgan fingerprint density at radius 1 is 1.21 bits per heavy atom. The highest BCUT2D eigenvalue weighted by Gasteiger charge is 2.51. The second-order valence-corrected chi connectivity index (χ2v) is 12.7. The first-order valence-electron chi connectivity index (χ1n) is 14.5. The SMILES string of the molecule is C=C(F)C(=O)N1CCN(c2nc(OC[C@]3(C)CCN3C)nc3c2CC[C@@]2(CCc4c(Cl)cccc42)[C@H]3F)C[C@@H]1CC#N. The Labute approximate surface area is 249 Å². The zero-order chi connectivity index (χ0) is 29.8. The molecule has 1 aromatic carbocycles. The fraction of sp³-hybridized carbons (Fsp3) is 0.548. The second kappa shape index (κ2) is 10.8. The van der Waals surface area contributed by atoms with Crippen molar-refractivity contribution >= 4 is 23.3 Å². The lowest BCUT2D eigenvalue weighted by Gasteiger charge is -2.48. The van der Waals surface area contributed by atoms with Crippen LogP contribution in [0, 0.1) is 11.3 Å². The molecule has 4 atom stereocenters. The number of nitrogens with zero attached hydrogens (tertiary/aromatic N) is 6. The van der Waals surface area contributed by atoms with E-state index < -0.39 is 29.4 Å². The molecule has 222 valence electrons. The minimum Gasteiger partial charge on any atom is -0.461 e. The number of carbonyl (C=O) groups excluding carboxylic acids is 1. The lowest BCUT2D eigenvalue weighted by atomic mass is 9.68. The van der Waals surface area contributed by atoms with Crippen LogP contribution in [0.1, 0.15) is 61.2 Å². The largest absolute Gasteiger partial charge is 0.461 e. The molecule has 0 unspecified atom stereocenters. The number of halogens is 3. The number of carbonyl (C=O) groups is 1. The number of anilines is 1.